The van der Waals surface area contributed by atoms with Crippen molar-refractivity contribution in [3.8, 4) is 0 Å². The lowest BCUT2D eigenvalue weighted by Crippen LogP contribution is -2.53. The topological polar surface area (TPSA) is 89.7 Å². The minimum Gasteiger partial charge on any atom is -0.368 e. The molecule has 2 N–H and O–H groups in total. The Bertz CT molecular complexity index is 718. The second kappa shape index (κ2) is 7.58. The van der Waals surface area contributed by atoms with E-state index < -0.39 is 21.7 Å². The minimum absolute atomic E-state index is 0.0204. The summed E-state index contributed by atoms with van der Waals surface area (Å²) in [6.07, 6.45) is 3.59. The molecule has 1 aliphatic rings. The van der Waals surface area contributed by atoms with Crippen LogP contribution in [0.3, 0.4) is 0 Å². The number of benzene rings is 1. The number of ether oxygens (including phenoxy) is 1. The normalized spacial score (nSPS) is 17.8. The van der Waals surface area contributed by atoms with Crippen LogP contribution >= 0.6 is 23.2 Å². The quantitative estimate of drug-likeness (QED) is 0.750. The number of primary amides is 1. The smallest absolute Gasteiger partial charge is 0.245 e. The molecule has 0 heterocycles. The summed E-state index contributed by atoms with van der Waals surface area (Å²) < 4.78 is 32.8. The highest BCUT2D eigenvalue weighted by atomic mass is 35.5. The number of hydrogen-bond acceptors (Lipinski definition) is 4. The molecule has 134 valence electrons. The van der Waals surface area contributed by atoms with Gasteiger partial charge in [-0.2, -0.15) is 4.31 Å². The SMILES string of the molecule is CN(C1(OCC(N)=O)CCCCC1)S(=O)(=O)c1ccc(Cl)c(Cl)c1. The van der Waals surface area contributed by atoms with Crippen LogP contribution in [0, 0.1) is 0 Å². The van der Waals surface area contributed by atoms with Crippen molar-refractivity contribution in [1.82, 2.24) is 4.31 Å². The van der Waals surface area contributed by atoms with E-state index in [2.05, 4.69) is 0 Å². The number of halogens is 2. The zero-order valence-corrected chi connectivity index (χ0v) is 15.6. The summed E-state index contributed by atoms with van der Waals surface area (Å²) in [7, 11) is -2.42. The summed E-state index contributed by atoms with van der Waals surface area (Å²) in [5, 5.41) is 0.428. The first-order valence-corrected chi connectivity index (χ1v) is 9.75. The van der Waals surface area contributed by atoms with E-state index in [0.29, 0.717) is 12.8 Å². The maximum atomic E-state index is 13.0. The monoisotopic (exact) mass is 394 g/mol. The maximum absolute atomic E-state index is 13.0. The molecule has 1 aliphatic carbocycles. The molecular formula is C15H20Cl2N2O4S. The average Bonchev–Trinajstić information content (AvgIpc) is 2.55. The van der Waals surface area contributed by atoms with Crippen LogP contribution in [-0.4, -0.2) is 38.0 Å². The van der Waals surface area contributed by atoms with Crippen molar-refractivity contribution in [3.05, 3.63) is 28.2 Å². The molecule has 9 heteroatoms. The third-order valence-corrected chi connectivity index (χ3v) is 6.88. The highest BCUT2D eigenvalue weighted by Crippen LogP contribution is 2.38. The Morgan fingerprint density at radius 1 is 1.25 bits per heavy atom. The van der Waals surface area contributed by atoms with Gasteiger partial charge in [0.1, 0.15) is 12.3 Å². The lowest BCUT2D eigenvalue weighted by Gasteiger charge is -2.43. The lowest BCUT2D eigenvalue weighted by molar-refractivity contribution is -0.152. The van der Waals surface area contributed by atoms with Crippen molar-refractivity contribution in [2.45, 2.75) is 42.7 Å². The second-order valence-corrected chi connectivity index (χ2v) is 8.59. The Balaban J connectivity index is 2.37. The number of carbonyl (C=O) groups excluding carboxylic acids is 1. The number of nitrogens with two attached hydrogens (primary N) is 1. The van der Waals surface area contributed by atoms with Gasteiger partial charge in [0, 0.05) is 7.05 Å². The van der Waals surface area contributed by atoms with Crippen LogP contribution in [-0.2, 0) is 19.6 Å². The van der Waals surface area contributed by atoms with E-state index in [-0.39, 0.29) is 21.5 Å². The molecule has 2 rings (SSSR count). The molecule has 6 nitrogen and oxygen atoms in total. The van der Waals surface area contributed by atoms with Crippen LogP contribution < -0.4 is 5.73 Å². The lowest BCUT2D eigenvalue weighted by atomic mass is 9.91. The summed E-state index contributed by atoms with van der Waals surface area (Å²) in [4.78, 5) is 11.1. The summed E-state index contributed by atoms with van der Waals surface area (Å²) in [6, 6.07) is 4.13. The molecule has 1 amide bonds. The van der Waals surface area contributed by atoms with Crippen molar-refractivity contribution < 1.29 is 17.9 Å². The van der Waals surface area contributed by atoms with Gasteiger partial charge in [-0.15, -0.1) is 0 Å². The van der Waals surface area contributed by atoms with Gasteiger partial charge in [-0.25, -0.2) is 8.42 Å². The first kappa shape index (κ1) is 19.5. The Morgan fingerprint density at radius 2 is 1.88 bits per heavy atom. The van der Waals surface area contributed by atoms with E-state index in [1.807, 2.05) is 0 Å². The standard InChI is InChI=1S/C15H20Cl2N2O4S/c1-19(15(23-10-14(18)20)7-3-2-4-8-15)24(21,22)11-5-6-12(16)13(17)9-11/h5-6,9H,2-4,7-8,10H2,1H3,(H2,18,20). The summed E-state index contributed by atoms with van der Waals surface area (Å²) >= 11 is 11.8. The van der Waals surface area contributed by atoms with Gasteiger partial charge in [-0.1, -0.05) is 29.6 Å². The zero-order valence-electron chi connectivity index (χ0n) is 13.3. The van der Waals surface area contributed by atoms with E-state index in [1.54, 1.807) is 0 Å². The van der Waals surface area contributed by atoms with Gasteiger partial charge in [0.25, 0.3) is 0 Å². The van der Waals surface area contributed by atoms with Gasteiger partial charge in [0.2, 0.25) is 15.9 Å². The Hall–Kier alpha value is -0.860. The van der Waals surface area contributed by atoms with Crippen molar-refractivity contribution in [3.63, 3.8) is 0 Å². The fourth-order valence-electron chi connectivity index (χ4n) is 2.87. The minimum atomic E-state index is -3.87. The van der Waals surface area contributed by atoms with Gasteiger partial charge >= 0.3 is 0 Å². The summed E-state index contributed by atoms with van der Waals surface area (Å²) in [6.45, 7) is -0.332. The fraction of sp³-hybridized carbons (Fsp3) is 0.533. The average molecular weight is 395 g/mol. The molecule has 0 unspecified atom stereocenters. The van der Waals surface area contributed by atoms with Crippen LogP contribution in [0.4, 0.5) is 0 Å². The fourth-order valence-corrected chi connectivity index (χ4v) is 4.73. The largest absolute Gasteiger partial charge is 0.368 e. The highest BCUT2D eigenvalue weighted by molar-refractivity contribution is 7.89. The van der Waals surface area contributed by atoms with Gasteiger partial charge < -0.3 is 10.5 Å². The Labute approximate surface area is 151 Å². The number of amides is 1. The van der Waals surface area contributed by atoms with E-state index in [1.165, 1.54) is 29.6 Å². The molecule has 0 atom stereocenters. The molecule has 1 aromatic rings. The molecule has 0 radical (unpaired) electrons. The van der Waals surface area contributed by atoms with E-state index >= 15 is 0 Å². The van der Waals surface area contributed by atoms with Gasteiger partial charge in [-0.05, 0) is 43.9 Å². The van der Waals surface area contributed by atoms with Gasteiger partial charge in [-0.3, -0.25) is 4.79 Å². The number of rotatable bonds is 6. The van der Waals surface area contributed by atoms with Crippen molar-refractivity contribution in [2.24, 2.45) is 5.73 Å². The predicted molar refractivity (Wildman–Crippen MR) is 92.4 cm³/mol. The van der Waals surface area contributed by atoms with Crippen LogP contribution in [0.1, 0.15) is 32.1 Å². The van der Waals surface area contributed by atoms with E-state index in [0.717, 1.165) is 19.3 Å². The molecule has 24 heavy (non-hydrogen) atoms. The summed E-state index contributed by atoms with van der Waals surface area (Å²) in [5.74, 6) is -0.639. The van der Waals surface area contributed by atoms with Crippen LogP contribution in [0.5, 0.6) is 0 Å². The third-order valence-electron chi connectivity index (χ3n) is 4.24. The van der Waals surface area contributed by atoms with Gasteiger partial charge in [0.05, 0.1) is 14.9 Å². The molecule has 1 saturated carbocycles. The third kappa shape index (κ3) is 4.03. The summed E-state index contributed by atoms with van der Waals surface area (Å²) in [5.41, 5.74) is 4.08. The molecular weight excluding hydrogens is 375 g/mol. The predicted octanol–water partition coefficient (Wildman–Crippen LogP) is 2.78. The molecule has 0 bridgehead atoms. The highest BCUT2D eigenvalue weighted by Gasteiger charge is 2.44. The van der Waals surface area contributed by atoms with Crippen molar-refractivity contribution in [2.75, 3.05) is 13.7 Å². The second-order valence-electron chi connectivity index (χ2n) is 5.81. The van der Waals surface area contributed by atoms with E-state index in [4.69, 9.17) is 33.7 Å². The number of sulfonamides is 1. The Morgan fingerprint density at radius 3 is 2.42 bits per heavy atom. The number of nitrogens with zero attached hydrogens (tertiary/aromatic N) is 1. The van der Waals surface area contributed by atoms with Gasteiger partial charge in [0.15, 0.2) is 0 Å². The van der Waals surface area contributed by atoms with Crippen LogP contribution in [0.15, 0.2) is 23.1 Å². The maximum Gasteiger partial charge on any atom is 0.245 e. The molecule has 1 aromatic carbocycles. The van der Waals surface area contributed by atoms with E-state index in [9.17, 15) is 13.2 Å². The number of hydrogen-bond donors (Lipinski definition) is 1. The molecule has 0 aromatic heterocycles. The molecule has 0 saturated heterocycles. The number of carbonyl (C=O) groups is 1. The van der Waals surface area contributed by atoms with Crippen molar-refractivity contribution in [1.29, 1.82) is 0 Å². The zero-order chi connectivity index (χ0) is 18.0. The van der Waals surface area contributed by atoms with Crippen LogP contribution in [0.25, 0.3) is 0 Å². The molecule has 0 aliphatic heterocycles. The van der Waals surface area contributed by atoms with Crippen LogP contribution in [0.2, 0.25) is 10.0 Å². The van der Waals surface area contributed by atoms with Crippen molar-refractivity contribution >= 4 is 39.1 Å². The first-order valence-electron chi connectivity index (χ1n) is 7.55. The first-order chi connectivity index (χ1) is 11.2. The molecule has 0 spiro atoms. The molecule has 1 fully saturated rings. The Kier molecular flexibility index (Phi) is 6.14.